The summed E-state index contributed by atoms with van der Waals surface area (Å²) in [4.78, 5) is 25.4. The molecule has 0 saturated carbocycles. The maximum absolute atomic E-state index is 12.8. The molecule has 0 N–H and O–H groups in total. The summed E-state index contributed by atoms with van der Waals surface area (Å²) in [5, 5.41) is 0. The molecule has 0 rings (SSSR count). The van der Waals surface area contributed by atoms with Crippen LogP contribution in [0.5, 0.6) is 0 Å². The molecule has 0 aromatic heterocycles. The van der Waals surface area contributed by atoms with E-state index >= 15 is 0 Å². The Labute approximate surface area is 408 Å². The SMILES string of the molecule is CC/C=C\C/C=C\C/C=C\C/C=C\C/C=C\C/C=C\CCC(=O)OCC(COCCCCCCCC/C=C\CCCC)OC(=O)CCCCCCCCCCC/C=C\C/C=C\CCCCC. The molecule has 5 heteroatoms. The van der Waals surface area contributed by atoms with Crippen molar-refractivity contribution in [1.82, 2.24) is 0 Å². The molecule has 0 aliphatic carbocycles. The number of carbonyl (C=O) groups is 2. The average Bonchev–Trinajstić information content (AvgIpc) is 3.32. The molecule has 0 aliphatic rings. The number of allylic oxidation sites excluding steroid dienone is 18. The van der Waals surface area contributed by atoms with E-state index in [1.165, 1.54) is 122 Å². The number of carbonyl (C=O) groups excluding carboxylic acids is 2. The second-order valence-corrected chi connectivity index (χ2v) is 17.7. The number of unbranched alkanes of at least 4 members (excludes halogenated alkanes) is 20. The van der Waals surface area contributed by atoms with Crippen LogP contribution in [0.1, 0.15) is 239 Å². The third-order valence-corrected chi connectivity index (χ3v) is 11.3. The van der Waals surface area contributed by atoms with Gasteiger partial charge in [0.25, 0.3) is 0 Å². The van der Waals surface area contributed by atoms with Crippen LogP contribution in [0.25, 0.3) is 0 Å². The molecule has 1 unspecified atom stereocenters. The van der Waals surface area contributed by atoms with Gasteiger partial charge in [-0.1, -0.05) is 226 Å². The molecule has 0 amide bonds. The van der Waals surface area contributed by atoms with E-state index in [0.717, 1.165) is 77.0 Å². The van der Waals surface area contributed by atoms with Crippen LogP contribution in [0.15, 0.2) is 109 Å². The standard InChI is InChI=1S/C61H102O5/c1-4-7-10-13-16-19-22-25-27-29-31-33-35-37-39-42-45-48-51-54-60(62)65-58-59(57-64-56-53-50-47-44-41-24-21-18-15-12-9-6-3)66-61(63)55-52-49-46-43-40-38-36-34-32-30-28-26-23-20-17-14-11-8-5-2/h7,10,15-20,25-28,31,33,37,39,45,48,59H,4-6,8-9,11-14,21-24,29-30,32,34-36,38,40-44,46-47,49-58H2,1-3H3/b10-7-,18-15-,19-16-,20-17-,27-25-,28-26-,33-31-,39-37-,48-45-. The summed E-state index contributed by atoms with van der Waals surface area (Å²) in [6.45, 7) is 7.56. The number of ether oxygens (including phenoxy) is 3. The lowest BCUT2D eigenvalue weighted by Crippen LogP contribution is -2.30. The van der Waals surface area contributed by atoms with E-state index in [1.54, 1.807) is 0 Å². The van der Waals surface area contributed by atoms with Crippen molar-refractivity contribution in [1.29, 1.82) is 0 Å². The molecular weight excluding hydrogens is 813 g/mol. The second-order valence-electron chi connectivity index (χ2n) is 17.7. The van der Waals surface area contributed by atoms with Crippen LogP contribution >= 0.6 is 0 Å². The molecule has 0 fully saturated rings. The van der Waals surface area contributed by atoms with Gasteiger partial charge in [-0.25, -0.2) is 0 Å². The highest BCUT2D eigenvalue weighted by molar-refractivity contribution is 5.70. The van der Waals surface area contributed by atoms with Gasteiger partial charge in [-0.3, -0.25) is 9.59 Å². The summed E-state index contributed by atoms with van der Waals surface area (Å²) in [7, 11) is 0. The van der Waals surface area contributed by atoms with Crippen molar-refractivity contribution >= 4 is 11.9 Å². The summed E-state index contributed by atoms with van der Waals surface area (Å²) in [5.74, 6) is -0.504. The van der Waals surface area contributed by atoms with Crippen LogP contribution in [0.3, 0.4) is 0 Å². The van der Waals surface area contributed by atoms with Gasteiger partial charge >= 0.3 is 11.9 Å². The molecule has 0 spiro atoms. The largest absolute Gasteiger partial charge is 0.462 e. The van der Waals surface area contributed by atoms with Gasteiger partial charge in [0.05, 0.1) is 6.61 Å². The minimum absolute atomic E-state index is 0.0358. The Hall–Kier alpha value is -3.44. The van der Waals surface area contributed by atoms with E-state index in [2.05, 4.69) is 124 Å². The van der Waals surface area contributed by atoms with Gasteiger partial charge in [-0.05, 0) is 109 Å². The first-order valence-electron chi connectivity index (χ1n) is 27.4. The maximum atomic E-state index is 12.8. The summed E-state index contributed by atoms with van der Waals surface area (Å²) in [6, 6.07) is 0. The fraction of sp³-hybridized carbons (Fsp3) is 0.672. The molecule has 0 aromatic rings. The average molecular weight is 915 g/mol. The zero-order chi connectivity index (χ0) is 47.7. The van der Waals surface area contributed by atoms with Crippen molar-refractivity contribution in [2.45, 2.75) is 245 Å². The van der Waals surface area contributed by atoms with E-state index < -0.39 is 6.10 Å². The highest BCUT2D eigenvalue weighted by atomic mass is 16.6. The quantitative estimate of drug-likeness (QED) is 0.0346. The molecule has 0 heterocycles. The first-order valence-corrected chi connectivity index (χ1v) is 27.4. The molecule has 0 aromatic carbocycles. The van der Waals surface area contributed by atoms with Crippen molar-refractivity contribution in [2.24, 2.45) is 0 Å². The van der Waals surface area contributed by atoms with Gasteiger partial charge in [-0.2, -0.15) is 0 Å². The number of esters is 2. The van der Waals surface area contributed by atoms with Crippen LogP contribution in [-0.2, 0) is 23.8 Å². The first-order chi connectivity index (χ1) is 32.6. The van der Waals surface area contributed by atoms with Crippen LogP contribution < -0.4 is 0 Å². The van der Waals surface area contributed by atoms with Crippen molar-refractivity contribution in [3.05, 3.63) is 109 Å². The number of hydrogen-bond acceptors (Lipinski definition) is 5. The molecule has 66 heavy (non-hydrogen) atoms. The van der Waals surface area contributed by atoms with Gasteiger partial charge in [0.1, 0.15) is 6.61 Å². The lowest BCUT2D eigenvalue weighted by molar-refractivity contribution is -0.162. The summed E-state index contributed by atoms with van der Waals surface area (Å²) in [6.07, 6.45) is 76.8. The smallest absolute Gasteiger partial charge is 0.306 e. The Kier molecular flexibility index (Phi) is 53.0. The van der Waals surface area contributed by atoms with E-state index in [1.807, 2.05) is 6.08 Å². The topological polar surface area (TPSA) is 61.8 Å². The van der Waals surface area contributed by atoms with E-state index in [9.17, 15) is 9.59 Å². The monoisotopic (exact) mass is 915 g/mol. The Bertz CT molecular complexity index is 1310. The maximum Gasteiger partial charge on any atom is 0.306 e. The third-order valence-electron chi connectivity index (χ3n) is 11.3. The number of hydrogen-bond donors (Lipinski definition) is 0. The van der Waals surface area contributed by atoms with Crippen LogP contribution in [0, 0.1) is 0 Å². The van der Waals surface area contributed by atoms with Crippen molar-refractivity contribution in [3.63, 3.8) is 0 Å². The summed E-state index contributed by atoms with van der Waals surface area (Å²) >= 11 is 0. The van der Waals surface area contributed by atoms with Gasteiger partial charge in [0, 0.05) is 19.4 Å². The summed E-state index contributed by atoms with van der Waals surface area (Å²) < 4.78 is 17.3. The fourth-order valence-corrected chi connectivity index (χ4v) is 7.19. The van der Waals surface area contributed by atoms with E-state index in [-0.39, 0.29) is 25.2 Å². The fourth-order valence-electron chi connectivity index (χ4n) is 7.19. The van der Waals surface area contributed by atoms with Crippen LogP contribution in [-0.4, -0.2) is 37.9 Å². The van der Waals surface area contributed by atoms with Gasteiger partial charge in [0.2, 0.25) is 0 Å². The molecule has 5 nitrogen and oxygen atoms in total. The lowest BCUT2D eigenvalue weighted by atomic mass is 10.1. The highest BCUT2D eigenvalue weighted by Crippen LogP contribution is 2.14. The number of rotatable bonds is 49. The van der Waals surface area contributed by atoms with E-state index in [4.69, 9.17) is 14.2 Å². The zero-order valence-corrected chi connectivity index (χ0v) is 43.2. The van der Waals surface area contributed by atoms with Crippen LogP contribution in [0.2, 0.25) is 0 Å². The molecule has 0 radical (unpaired) electrons. The molecule has 0 saturated heterocycles. The predicted molar refractivity (Wildman–Crippen MR) is 288 cm³/mol. The molecule has 0 aliphatic heterocycles. The predicted octanol–water partition coefficient (Wildman–Crippen LogP) is 18.8. The molecule has 1 atom stereocenters. The summed E-state index contributed by atoms with van der Waals surface area (Å²) in [5.41, 5.74) is 0. The van der Waals surface area contributed by atoms with Crippen molar-refractivity contribution in [2.75, 3.05) is 19.8 Å². The lowest BCUT2D eigenvalue weighted by Gasteiger charge is -2.18. The van der Waals surface area contributed by atoms with Crippen LogP contribution in [0.4, 0.5) is 0 Å². The first kappa shape index (κ1) is 62.6. The Morgan fingerprint density at radius 3 is 1.21 bits per heavy atom. The van der Waals surface area contributed by atoms with Gasteiger partial charge < -0.3 is 14.2 Å². The minimum atomic E-state index is -0.578. The minimum Gasteiger partial charge on any atom is -0.462 e. The third kappa shape index (κ3) is 53.2. The molecule has 0 bridgehead atoms. The van der Waals surface area contributed by atoms with Crippen molar-refractivity contribution in [3.8, 4) is 0 Å². The molecular formula is C61H102O5. The Balaban J connectivity index is 4.38. The normalized spacial score (nSPS) is 13.1. The van der Waals surface area contributed by atoms with Gasteiger partial charge in [0.15, 0.2) is 6.10 Å². The van der Waals surface area contributed by atoms with Crippen molar-refractivity contribution < 1.29 is 23.8 Å². The Morgan fingerprint density at radius 1 is 0.348 bits per heavy atom. The second kappa shape index (κ2) is 55.9. The molecule has 376 valence electrons. The van der Waals surface area contributed by atoms with Gasteiger partial charge in [-0.15, -0.1) is 0 Å². The van der Waals surface area contributed by atoms with E-state index in [0.29, 0.717) is 25.9 Å². The Morgan fingerprint density at radius 2 is 0.727 bits per heavy atom. The highest BCUT2D eigenvalue weighted by Gasteiger charge is 2.17. The zero-order valence-electron chi connectivity index (χ0n) is 43.2.